The summed E-state index contributed by atoms with van der Waals surface area (Å²) in [4.78, 5) is 12.2. The minimum absolute atomic E-state index is 0.316. The topological polar surface area (TPSA) is 82.5 Å². The third-order valence-corrected chi connectivity index (χ3v) is 3.88. The zero-order chi connectivity index (χ0) is 18.4. The van der Waals surface area contributed by atoms with E-state index in [4.69, 9.17) is 20.8 Å². The van der Waals surface area contributed by atoms with Gasteiger partial charge in [0.15, 0.2) is 0 Å². The fraction of sp³-hybridized carbons (Fsp3) is 0.222. The number of benzene rings is 1. The Labute approximate surface area is 155 Å². The van der Waals surface area contributed by atoms with Gasteiger partial charge in [0.2, 0.25) is 0 Å². The minimum Gasteiger partial charge on any atom is -0.462 e. The van der Waals surface area contributed by atoms with Gasteiger partial charge in [0.1, 0.15) is 24.2 Å². The van der Waals surface area contributed by atoms with Crippen LogP contribution in [-0.4, -0.2) is 33.7 Å². The van der Waals surface area contributed by atoms with Gasteiger partial charge in [-0.05, 0) is 36.8 Å². The van der Waals surface area contributed by atoms with E-state index >= 15 is 0 Å². The maximum Gasteiger partial charge on any atom is 0.339 e. The molecule has 3 rings (SSSR count). The zero-order valence-electron chi connectivity index (χ0n) is 14.1. The van der Waals surface area contributed by atoms with Crippen LogP contribution in [0.4, 0.5) is 0 Å². The number of aromatic nitrogens is 3. The average Bonchev–Trinajstić information content (AvgIpc) is 3.32. The standard InChI is InChI=1S/C18H17ClN4O3/c1-2-3-8-25-18(24)15-9-13(4-6-16(15)19)17-7-5-14(26-17)10-22-23-11-20-21-12-23/h4-7,9-12H,2-3,8H2,1H3/b22-10+. The van der Waals surface area contributed by atoms with E-state index in [9.17, 15) is 4.79 Å². The molecule has 0 aliphatic heterocycles. The lowest BCUT2D eigenvalue weighted by Crippen LogP contribution is -2.07. The summed E-state index contributed by atoms with van der Waals surface area (Å²) in [6.07, 6.45) is 6.25. The summed E-state index contributed by atoms with van der Waals surface area (Å²) in [5, 5.41) is 11.8. The summed E-state index contributed by atoms with van der Waals surface area (Å²) in [5.74, 6) is 0.705. The molecule has 0 saturated carbocycles. The van der Waals surface area contributed by atoms with Crippen LogP contribution in [0.1, 0.15) is 35.9 Å². The molecule has 2 aromatic heterocycles. The van der Waals surface area contributed by atoms with Crippen molar-refractivity contribution >= 4 is 23.8 Å². The van der Waals surface area contributed by atoms with Gasteiger partial charge >= 0.3 is 5.97 Å². The molecular weight excluding hydrogens is 356 g/mol. The molecule has 26 heavy (non-hydrogen) atoms. The first kappa shape index (κ1) is 17.9. The number of hydrogen-bond acceptors (Lipinski definition) is 6. The van der Waals surface area contributed by atoms with Gasteiger partial charge in [0.25, 0.3) is 0 Å². The molecule has 8 heteroatoms. The number of nitrogens with zero attached hydrogens (tertiary/aromatic N) is 4. The van der Waals surface area contributed by atoms with Crippen molar-refractivity contribution in [2.75, 3.05) is 6.61 Å². The molecule has 0 radical (unpaired) electrons. The van der Waals surface area contributed by atoms with Gasteiger partial charge in [0.05, 0.1) is 23.4 Å². The first-order chi connectivity index (χ1) is 12.7. The molecule has 0 N–H and O–H groups in total. The molecule has 0 fully saturated rings. The number of esters is 1. The van der Waals surface area contributed by atoms with Crippen molar-refractivity contribution in [2.45, 2.75) is 19.8 Å². The quantitative estimate of drug-likeness (QED) is 0.355. The van der Waals surface area contributed by atoms with Crippen molar-refractivity contribution in [1.82, 2.24) is 14.9 Å². The lowest BCUT2D eigenvalue weighted by molar-refractivity contribution is 0.0500. The van der Waals surface area contributed by atoms with E-state index in [0.29, 0.717) is 28.7 Å². The first-order valence-corrected chi connectivity index (χ1v) is 8.51. The number of ether oxygens (including phenoxy) is 1. The molecule has 0 saturated heterocycles. The van der Waals surface area contributed by atoms with Gasteiger partial charge in [-0.3, -0.25) is 0 Å². The Balaban J connectivity index is 1.77. The van der Waals surface area contributed by atoms with Crippen LogP contribution in [0.15, 0.2) is 52.5 Å². The highest BCUT2D eigenvalue weighted by molar-refractivity contribution is 6.33. The monoisotopic (exact) mass is 372 g/mol. The Morgan fingerprint density at radius 1 is 1.31 bits per heavy atom. The molecule has 0 spiro atoms. The van der Waals surface area contributed by atoms with Crippen molar-refractivity contribution in [3.63, 3.8) is 0 Å². The maximum absolute atomic E-state index is 12.2. The Morgan fingerprint density at radius 2 is 2.12 bits per heavy atom. The average molecular weight is 373 g/mol. The van der Waals surface area contributed by atoms with Crippen LogP contribution < -0.4 is 0 Å². The number of carbonyl (C=O) groups excluding carboxylic acids is 1. The zero-order valence-corrected chi connectivity index (χ0v) is 14.9. The van der Waals surface area contributed by atoms with Crippen LogP contribution in [0.25, 0.3) is 11.3 Å². The van der Waals surface area contributed by atoms with Crippen LogP contribution in [0.3, 0.4) is 0 Å². The third kappa shape index (κ3) is 4.37. The lowest BCUT2D eigenvalue weighted by atomic mass is 10.1. The Kier molecular flexibility index (Phi) is 5.80. The number of halogens is 1. The molecular formula is C18H17ClN4O3. The molecule has 0 atom stereocenters. The van der Waals surface area contributed by atoms with Crippen LogP contribution in [-0.2, 0) is 4.74 Å². The highest BCUT2D eigenvalue weighted by Gasteiger charge is 2.14. The number of rotatable bonds is 7. The molecule has 134 valence electrons. The highest BCUT2D eigenvalue weighted by Crippen LogP contribution is 2.27. The summed E-state index contributed by atoms with van der Waals surface area (Å²) in [6.45, 7) is 2.41. The van der Waals surface area contributed by atoms with E-state index in [-0.39, 0.29) is 0 Å². The second kappa shape index (κ2) is 8.44. The molecule has 0 bridgehead atoms. The van der Waals surface area contributed by atoms with E-state index in [0.717, 1.165) is 18.4 Å². The van der Waals surface area contributed by atoms with Gasteiger partial charge in [-0.25, -0.2) is 9.47 Å². The van der Waals surface area contributed by atoms with Crippen molar-refractivity contribution in [3.05, 3.63) is 59.3 Å². The van der Waals surface area contributed by atoms with Crippen LogP contribution >= 0.6 is 11.6 Å². The second-order valence-corrected chi connectivity index (χ2v) is 5.88. The SMILES string of the molecule is CCCCOC(=O)c1cc(-c2ccc(/C=N/n3cnnc3)o2)ccc1Cl. The van der Waals surface area contributed by atoms with Crippen molar-refractivity contribution in [3.8, 4) is 11.3 Å². The normalized spacial score (nSPS) is 11.2. The van der Waals surface area contributed by atoms with Crippen molar-refractivity contribution < 1.29 is 13.9 Å². The van der Waals surface area contributed by atoms with E-state index in [2.05, 4.69) is 15.3 Å². The summed E-state index contributed by atoms with van der Waals surface area (Å²) in [5.41, 5.74) is 1.04. The van der Waals surface area contributed by atoms with Crippen LogP contribution in [0.2, 0.25) is 5.02 Å². The largest absolute Gasteiger partial charge is 0.462 e. The van der Waals surface area contributed by atoms with Crippen molar-refractivity contribution in [2.24, 2.45) is 5.10 Å². The number of carbonyl (C=O) groups is 1. The fourth-order valence-electron chi connectivity index (χ4n) is 2.18. The minimum atomic E-state index is -0.439. The molecule has 3 aromatic rings. The molecule has 0 unspecified atom stereocenters. The molecule has 0 amide bonds. The van der Waals surface area contributed by atoms with Gasteiger partial charge in [-0.1, -0.05) is 24.9 Å². The summed E-state index contributed by atoms with van der Waals surface area (Å²) in [6, 6.07) is 8.67. The fourth-order valence-corrected chi connectivity index (χ4v) is 2.37. The summed E-state index contributed by atoms with van der Waals surface area (Å²) < 4.78 is 12.4. The van der Waals surface area contributed by atoms with E-state index < -0.39 is 5.97 Å². The van der Waals surface area contributed by atoms with Gasteiger partial charge in [-0.15, -0.1) is 10.2 Å². The Morgan fingerprint density at radius 3 is 2.88 bits per heavy atom. The molecule has 0 aliphatic rings. The Hall–Kier alpha value is -2.93. The van der Waals surface area contributed by atoms with Crippen LogP contribution in [0.5, 0.6) is 0 Å². The van der Waals surface area contributed by atoms with Gasteiger partial charge in [0, 0.05) is 5.56 Å². The molecule has 1 aromatic carbocycles. The number of hydrogen-bond donors (Lipinski definition) is 0. The van der Waals surface area contributed by atoms with Gasteiger partial charge < -0.3 is 9.15 Å². The van der Waals surface area contributed by atoms with Gasteiger partial charge in [-0.2, -0.15) is 5.10 Å². The summed E-state index contributed by atoms with van der Waals surface area (Å²) >= 11 is 6.14. The molecule has 7 nitrogen and oxygen atoms in total. The number of unbranched alkanes of at least 4 members (excludes halogenated alkanes) is 1. The predicted octanol–water partition coefficient (Wildman–Crippen LogP) is 4.03. The van der Waals surface area contributed by atoms with E-state index in [1.54, 1.807) is 36.5 Å². The molecule has 0 aliphatic carbocycles. The van der Waals surface area contributed by atoms with Crippen LogP contribution in [0, 0.1) is 0 Å². The lowest BCUT2D eigenvalue weighted by Gasteiger charge is -2.07. The van der Waals surface area contributed by atoms with E-state index in [1.165, 1.54) is 17.3 Å². The predicted molar refractivity (Wildman–Crippen MR) is 97.4 cm³/mol. The smallest absolute Gasteiger partial charge is 0.339 e. The maximum atomic E-state index is 12.2. The number of furan rings is 1. The Bertz CT molecular complexity index is 903. The summed E-state index contributed by atoms with van der Waals surface area (Å²) in [7, 11) is 0. The molecule has 2 heterocycles. The second-order valence-electron chi connectivity index (χ2n) is 5.47. The van der Waals surface area contributed by atoms with E-state index in [1.807, 2.05) is 6.92 Å². The van der Waals surface area contributed by atoms with Crippen molar-refractivity contribution in [1.29, 1.82) is 0 Å². The third-order valence-electron chi connectivity index (χ3n) is 3.55. The first-order valence-electron chi connectivity index (χ1n) is 8.13. The highest BCUT2D eigenvalue weighted by atomic mass is 35.5.